The zero-order valence-electron chi connectivity index (χ0n) is 13.5. The van der Waals surface area contributed by atoms with Crippen LogP contribution >= 0.6 is 55.4 Å². The van der Waals surface area contributed by atoms with Crippen molar-refractivity contribution in [1.29, 1.82) is 0 Å². The van der Waals surface area contributed by atoms with Gasteiger partial charge in [-0.1, -0.05) is 38.3 Å². The molecule has 128 valence electrons. The molecule has 3 rings (SSSR count). The average Bonchev–Trinajstić information content (AvgIpc) is 2.52. The van der Waals surface area contributed by atoms with Crippen molar-refractivity contribution in [3.05, 3.63) is 0 Å². The summed E-state index contributed by atoms with van der Waals surface area (Å²) in [5.41, 5.74) is 0. The zero-order valence-corrected chi connectivity index (χ0v) is 18.3. The van der Waals surface area contributed by atoms with E-state index in [9.17, 15) is 0 Å². The van der Waals surface area contributed by atoms with Crippen molar-refractivity contribution < 1.29 is 0 Å². The lowest BCUT2D eigenvalue weighted by molar-refractivity contribution is 0.500. The second-order valence-electron chi connectivity index (χ2n) is 7.43. The zero-order chi connectivity index (χ0) is 15.4. The molecule has 2 unspecified atom stereocenters. The highest BCUT2D eigenvalue weighted by Crippen LogP contribution is 2.43. The third kappa shape index (κ3) is 5.88. The third-order valence-corrected chi connectivity index (χ3v) is 10.7. The van der Waals surface area contributed by atoms with Gasteiger partial charge in [-0.15, -0.1) is 0 Å². The Balaban J connectivity index is 1.39. The first-order chi connectivity index (χ1) is 10.7. The molecule has 0 amide bonds. The fourth-order valence-corrected chi connectivity index (χ4v) is 8.86. The summed E-state index contributed by atoms with van der Waals surface area (Å²) in [7, 11) is 0. The van der Waals surface area contributed by atoms with Crippen LogP contribution in [-0.4, -0.2) is 30.7 Å². The first kappa shape index (κ1) is 18.5. The monoisotopic (exact) mass is 468 g/mol. The average molecular weight is 470 g/mol. The van der Waals surface area contributed by atoms with Crippen LogP contribution in [0.5, 0.6) is 0 Å². The Kier molecular flexibility index (Phi) is 7.87. The quantitative estimate of drug-likeness (QED) is 0.400. The van der Waals surface area contributed by atoms with E-state index in [0.29, 0.717) is 0 Å². The Morgan fingerprint density at radius 1 is 0.500 bits per heavy atom. The molecular formula is C18H30Br2S2. The van der Waals surface area contributed by atoms with Gasteiger partial charge in [0, 0.05) is 30.7 Å². The Hall–Kier alpha value is 1.66. The molecule has 0 aliphatic heterocycles. The van der Waals surface area contributed by atoms with Gasteiger partial charge in [-0.05, 0) is 70.6 Å². The van der Waals surface area contributed by atoms with E-state index >= 15 is 0 Å². The normalized spacial score (nSPS) is 43.9. The molecule has 0 saturated heterocycles. The van der Waals surface area contributed by atoms with Crippen LogP contribution in [0, 0.1) is 0 Å². The smallest absolute Gasteiger partial charge is 0.0146 e. The Labute approximate surface area is 162 Å². The van der Waals surface area contributed by atoms with Gasteiger partial charge >= 0.3 is 0 Å². The maximum Gasteiger partial charge on any atom is 0.0146 e. The van der Waals surface area contributed by atoms with Crippen molar-refractivity contribution in [2.75, 3.05) is 0 Å². The molecule has 0 aromatic heterocycles. The van der Waals surface area contributed by atoms with E-state index in [2.05, 4.69) is 55.4 Å². The topological polar surface area (TPSA) is 0 Å². The van der Waals surface area contributed by atoms with Crippen LogP contribution in [-0.2, 0) is 0 Å². The van der Waals surface area contributed by atoms with Gasteiger partial charge < -0.3 is 0 Å². The van der Waals surface area contributed by atoms with Crippen LogP contribution in [0.4, 0.5) is 0 Å². The Morgan fingerprint density at radius 3 is 1.32 bits per heavy atom. The van der Waals surface area contributed by atoms with Crippen LogP contribution in [0.1, 0.15) is 77.0 Å². The van der Waals surface area contributed by atoms with Crippen molar-refractivity contribution >= 4 is 55.4 Å². The Morgan fingerprint density at radius 2 is 0.909 bits per heavy atom. The number of thioether (sulfide) groups is 2. The summed E-state index contributed by atoms with van der Waals surface area (Å²) < 4.78 is 0. The summed E-state index contributed by atoms with van der Waals surface area (Å²) in [6, 6.07) is 0. The summed E-state index contributed by atoms with van der Waals surface area (Å²) >= 11 is 12.3. The molecule has 2 atom stereocenters. The molecule has 3 aliphatic carbocycles. The van der Waals surface area contributed by atoms with Gasteiger partial charge in [0.25, 0.3) is 0 Å². The molecule has 0 spiro atoms. The van der Waals surface area contributed by atoms with E-state index in [0.717, 1.165) is 30.7 Å². The van der Waals surface area contributed by atoms with Gasteiger partial charge in [0.1, 0.15) is 0 Å². The molecule has 0 nitrogen and oxygen atoms in total. The summed E-state index contributed by atoms with van der Waals surface area (Å²) in [6.45, 7) is 0. The van der Waals surface area contributed by atoms with Crippen molar-refractivity contribution in [3.63, 3.8) is 0 Å². The van der Waals surface area contributed by atoms with Gasteiger partial charge in [-0.25, -0.2) is 0 Å². The van der Waals surface area contributed by atoms with E-state index in [4.69, 9.17) is 0 Å². The van der Waals surface area contributed by atoms with E-state index < -0.39 is 0 Å². The molecule has 0 radical (unpaired) electrons. The van der Waals surface area contributed by atoms with E-state index in [1.165, 1.54) is 77.0 Å². The molecule has 0 aromatic rings. The molecule has 0 N–H and O–H groups in total. The van der Waals surface area contributed by atoms with Gasteiger partial charge in [0.05, 0.1) is 0 Å². The van der Waals surface area contributed by atoms with Crippen LogP contribution in [0.3, 0.4) is 0 Å². The number of halogens is 2. The van der Waals surface area contributed by atoms with E-state index in [1.54, 1.807) is 0 Å². The second kappa shape index (κ2) is 9.38. The molecule has 3 fully saturated rings. The van der Waals surface area contributed by atoms with Gasteiger partial charge in [0.15, 0.2) is 0 Å². The number of rotatable bonds is 4. The number of hydrogen-bond donors (Lipinski definition) is 0. The summed E-state index contributed by atoms with van der Waals surface area (Å²) in [4.78, 5) is 1.62. The maximum absolute atomic E-state index is 3.79. The van der Waals surface area contributed by atoms with Crippen molar-refractivity contribution in [1.82, 2.24) is 0 Å². The minimum absolute atomic E-state index is 0.809. The first-order valence-electron chi connectivity index (χ1n) is 9.28. The second-order valence-corrected chi connectivity index (χ2v) is 13.2. The molecule has 0 heterocycles. The van der Waals surface area contributed by atoms with Crippen LogP contribution < -0.4 is 0 Å². The number of alkyl halides is 2. The van der Waals surface area contributed by atoms with Crippen molar-refractivity contribution in [2.24, 2.45) is 0 Å². The minimum atomic E-state index is 0.809. The highest BCUT2D eigenvalue weighted by atomic mass is 79.9. The van der Waals surface area contributed by atoms with Gasteiger partial charge in [0.2, 0.25) is 0 Å². The lowest BCUT2D eigenvalue weighted by Gasteiger charge is -2.35. The third-order valence-electron chi connectivity index (χ3n) is 5.56. The maximum atomic E-state index is 3.79. The predicted molar refractivity (Wildman–Crippen MR) is 111 cm³/mol. The Bertz CT molecular complexity index is 293. The van der Waals surface area contributed by atoms with Crippen molar-refractivity contribution in [2.45, 2.75) is 108 Å². The van der Waals surface area contributed by atoms with Gasteiger partial charge in [-0.3, -0.25) is 0 Å². The lowest BCUT2D eigenvalue weighted by Crippen LogP contribution is -2.26. The van der Waals surface area contributed by atoms with Crippen LogP contribution in [0.25, 0.3) is 0 Å². The standard InChI is InChI=1S/C18H30Br2S2/c19-13-4-8-15(9-5-13)21-17-2-1-3-18(12-17)22-16-10-6-14(20)7-11-16/h13-18H,1-12H2. The fraction of sp³-hybridized carbons (Fsp3) is 1.00. The summed E-state index contributed by atoms with van der Waals surface area (Å²) in [5, 5.41) is 3.86. The molecule has 0 bridgehead atoms. The summed E-state index contributed by atoms with van der Waals surface area (Å²) in [6.07, 6.45) is 17.4. The van der Waals surface area contributed by atoms with E-state index in [1.807, 2.05) is 0 Å². The van der Waals surface area contributed by atoms with Crippen LogP contribution in [0.2, 0.25) is 0 Å². The number of hydrogen-bond acceptors (Lipinski definition) is 2. The van der Waals surface area contributed by atoms with Crippen LogP contribution in [0.15, 0.2) is 0 Å². The molecule has 3 saturated carbocycles. The summed E-state index contributed by atoms with van der Waals surface area (Å²) in [5.74, 6) is 0. The first-order valence-corrected chi connectivity index (χ1v) is 13.0. The highest BCUT2D eigenvalue weighted by molar-refractivity contribution is 9.09. The SMILES string of the molecule is BrC1CCC(SC2CCCC(SC3CCC(Br)CC3)C2)CC1. The van der Waals surface area contributed by atoms with E-state index in [-0.39, 0.29) is 0 Å². The molecular weight excluding hydrogens is 440 g/mol. The predicted octanol–water partition coefficient (Wildman–Crippen LogP) is 7.18. The lowest BCUT2D eigenvalue weighted by atomic mass is 9.99. The molecule has 3 aliphatic rings. The fourth-order valence-electron chi connectivity index (χ4n) is 4.21. The molecule has 22 heavy (non-hydrogen) atoms. The highest BCUT2D eigenvalue weighted by Gasteiger charge is 2.30. The minimum Gasteiger partial charge on any atom is -0.155 e. The van der Waals surface area contributed by atoms with Gasteiger partial charge in [-0.2, -0.15) is 23.5 Å². The molecule has 0 aromatic carbocycles. The largest absolute Gasteiger partial charge is 0.155 e. The molecule has 4 heteroatoms. The van der Waals surface area contributed by atoms with Crippen molar-refractivity contribution in [3.8, 4) is 0 Å².